The van der Waals surface area contributed by atoms with Crippen molar-refractivity contribution in [1.29, 1.82) is 0 Å². The minimum Gasteiger partial charge on any atom is -0.242 e. The van der Waals surface area contributed by atoms with Crippen LogP contribution in [0.5, 0.6) is 0 Å². The molecule has 110 valence electrons. The predicted octanol–water partition coefficient (Wildman–Crippen LogP) is 5.69. The average Bonchev–Trinajstić information content (AvgIpc) is 2.58. The van der Waals surface area contributed by atoms with Gasteiger partial charge in [-0.2, -0.15) is 0 Å². The summed E-state index contributed by atoms with van der Waals surface area (Å²) in [5.74, 6) is 0. The van der Waals surface area contributed by atoms with E-state index in [-0.39, 0.29) is 17.4 Å². The van der Waals surface area contributed by atoms with Crippen molar-refractivity contribution in [2.45, 2.75) is 31.8 Å². The molecule has 11 heteroatoms. The van der Waals surface area contributed by atoms with Crippen LogP contribution in [0.2, 0.25) is 0 Å². The van der Waals surface area contributed by atoms with Crippen LogP contribution in [0.4, 0.5) is 0 Å². The SMILES string of the molecule is CC(C)n1nnc(C(Cl)(Cl)C(Cl)(Cl)Cl)c1C(Cl)(Cl)Cl. The number of hydrogen-bond donors (Lipinski definition) is 0. The molecule has 0 aliphatic heterocycles. The molecule has 1 aromatic rings. The second-order valence-electron chi connectivity index (χ2n) is 3.89. The summed E-state index contributed by atoms with van der Waals surface area (Å²) in [7, 11) is 0. The van der Waals surface area contributed by atoms with Gasteiger partial charge in [-0.25, -0.2) is 4.68 Å². The van der Waals surface area contributed by atoms with Gasteiger partial charge in [0.15, 0.2) is 0 Å². The number of aromatic nitrogens is 3. The maximum absolute atomic E-state index is 6.04. The molecule has 0 aromatic carbocycles. The van der Waals surface area contributed by atoms with Crippen molar-refractivity contribution < 1.29 is 0 Å². The molecule has 0 aliphatic carbocycles. The van der Waals surface area contributed by atoms with Crippen LogP contribution in [0.15, 0.2) is 0 Å². The zero-order valence-electron chi connectivity index (χ0n) is 9.44. The van der Waals surface area contributed by atoms with Crippen molar-refractivity contribution in [2.24, 2.45) is 0 Å². The van der Waals surface area contributed by atoms with Crippen LogP contribution in [-0.4, -0.2) is 18.8 Å². The van der Waals surface area contributed by atoms with Crippen LogP contribution in [0, 0.1) is 0 Å². The minimum absolute atomic E-state index is 0.0452. The molecule has 0 saturated heterocycles. The van der Waals surface area contributed by atoms with Crippen molar-refractivity contribution in [2.75, 3.05) is 0 Å². The summed E-state index contributed by atoms with van der Waals surface area (Å²) in [6.07, 6.45) is 0. The second kappa shape index (κ2) is 5.92. The molecule has 1 rings (SSSR count). The van der Waals surface area contributed by atoms with Gasteiger partial charge in [0, 0.05) is 6.04 Å². The van der Waals surface area contributed by atoms with Crippen LogP contribution in [0.1, 0.15) is 31.3 Å². The van der Waals surface area contributed by atoms with Gasteiger partial charge in [0.2, 0.25) is 11.9 Å². The lowest BCUT2D eigenvalue weighted by molar-refractivity contribution is 0.496. The lowest BCUT2D eigenvalue weighted by Gasteiger charge is -2.28. The fraction of sp³-hybridized carbons (Fsp3) is 0.750. The van der Waals surface area contributed by atoms with Crippen molar-refractivity contribution in [1.82, 2.24) is 15.0 Å². The van der Waals surface area contributed by atoms with E-state index < -0.39 is 11.9 Å². The first kappa shape index (κ1) is 18.5. The summed E-state index contributed by atoms with van der Waals surface area (Å²) in [5.41, 5.74) is -0.0756. The van der Waals surface area contributed by atoms with Gasteiger partial charge in [-0.05, 0) is 13.8 Å². The van der Waals surface area contributed by atoms with Crippen molar-refractivity contribution >= 4 is 92.8 Å². The van der Waals surface area contributed by atoms with E-state index in [1.807, 2.05) is 0 Å². The number of alkyl halides is 8. The van der Waals surface area contributed by atoms with E-state index >= 15 is 0 Å². The summed E-state index contributed by atoms with van der Waals surface area (Å²) in [6.45, 7) is 3.61. The molecule has 0 spiro atoms. The highest BCUT2D eigenvalue weighted by molar-refractivity contribution is 6.75. The number of halogens is 8. The normalized spacial score (nSPS) is 14.3. The topological polar surface area (TPSA) is 30.7 Å². The third-order valence-corrected chi connectivity index (χ3v) is 5.00. The molecule has 0 radical (unpaired) electrons. The first-order valence-corrected chi connectivity index (χ1v) is 7.80. The Morgan fingerprint density at radius 1 is 0.947 bits per heavy atom. The van der Waals surface area contributed by atoms with Crippen molar-refractivity contribution in [3.05, 3.63) is 11.4 Å². The molecule has 0 fully saturated rings. The van der Waals surface area contributed by atoms with Gasteiger partial charge in [0.05, 0.1) is 0 Å². The zero-order valence-corrected chi connectivity index (χ0v) is 15.5. The second-order valence-corrected chi connectivity index (χ2v) is 9.78. The summed E-state index contributed by atoms with van der Waals surface area (Å²) >= 11 is 47.0. The molecule has 0 atom stereocenters. The molecule has 19 heavy (non-hydrogen) atoms. The minimum atomic E-state index is -2.08. The molecule has 0 amide bonds. The van der Waals surface area contributed by atoms with Gasteiger partial charge in [0.25, 0.3) is 0 Å². The van der Waals surface area contributed by atoms with Crippen molar-refractivity contribution in [3.63, 3.8) is 0 Å². The lowest BCUT2D eigenvalue weighted by Crippen LogP contribution is -2.31. The van der Waals surface area contributed by atoms with Gasteiger partial charge >= 0.3 is 0 Å². The summed E-state index contributed by atoms with van der Waals surface area (Å²) in [6, 6.07) is -0.161. The summed E-state index contributed by atoms with van der Waals surface area (Å²) in [4.78, 5) is 0. The maximum atomic E-state index is 6.04. The highest BCUT2D eigenvalue weighted by Crippen LogP contribution is 2.55. The fourth-order valence-electron chi connectivity index (χ4n) is 1.26. The summed E-state index contributed by atoms with van der Waals surface area (Å²) in [5, 5.41) is 7.61. The Morgan fingerprint density at radius 2 is 1.42 bits per heavy atom. The third kappa shape index (κ3) is 3.81. The molecule has 0 N–H and O–H groups in total. The van der Waals surface area contributed by atoms with E-state index in [1.165, 1.54) is 4.68 Å². The molecule has 0 bridgehead atoms. The Balaban J connectivity index is 3.55. The Kier molecular flexibility index (Phi) is 5.77. The third-order valence-electron chi connectivity index (χ3n) is 2.11. The highest BCUT2D eigenvalue weighted by atomic mass is 35.6. The first-order valence-electron chi connectivity index (χ1n) is 4.77. The molecule has 0 unspecified atom stereocenters. The first-order chi connectivity index (χ1) is 8.30. The van der Waals surface area contributed by atoms with E-state index in [0.717, 1.165) is 0 Å². The van der Waals surface area contributed by atoms with Crippen LogP contribution < -0.4 is 0 Å². The smallest absolute Gasteiger partial charge is 0.234 e. The molecule has 1 heterocycles. The Labute approximate surface area is 150 Å². The Morgan fingerprint density at radius 3 is 1.74 bits per heavy atom. The van der Waals surface area contributed by atoms with E-state index in [4.69, 9.17) is 92.8 Å². The standard InChI is InChI=1S/C8H7Cl8N3/c1-3(2)19-5(7(11,12)13)4(17-18-19)6(9,10)8(14,15)16/h3H,1-2H3. The number of rotatable bonds is 2. The largest absolute Gasteiger partial charge is 0.242 e. The van der Waals surface area contributed by atoms with Gasteiger partial charge in [-0.1, -0.05) is 98.0 Å². The van der Waals surface area contributed by atoms with E-state index in [1.54, 1.807) is 13.8 Å². The average molecular weight is 429 g/mol. The molecule has 0 aliphatic rings. The Bertz CT molecular complexity index is 456. The van der Waals surface area contributed by atoms with Gasteiger partial charge in [-0.3, -0.25) is 0 Å². The van der Waals surface area contributed by atoms with Gasteiger partial charge in [0.1, 0.15) is 11.4 Å². The Hall–Kier alpha value is 1.46. The van der Waals surface area contributed by atoms with Crippen LogP contribution in [0.25, 0.3) is 0 Å². The maximum Gasteiger partial charge on any atom is 0.234 e. The highest BCUT2D eigenvalue weighted by Gasteiger charge is 2.53. The molecule has 0 saturated carbocycles. The van der Waals surface area contributed by atoms with Crippen LogP contribution >= 0.6 is 92.8 Å². The summed E-state index contributed by atoms with van der Waals surface area (Å²) < 4.78 is -4.64. The molecule has 1 aromatic heterocycles. The monoisotopic (exact) mass is 425 g/mol. The molecular weight excluding hydrogens is 422 g/mol. The quantitative estimate of drug-likeness (QED) is 0.567. The van der Waals surface area contributed by atoms with Crippen LogP contribution in [-0.2, 0) is 8.13 Å². The van der Waals surface area contributed by atoms with E-state index in [2.05, 4.69) is 10.3 Å². The fourth-order valence-corrected chi connectivity index (χ4v) is 2.32. The zero-order chi connectivity index (χ0) is 15.2. The molecule has 3 nitrogen and oxygen atoms in total. The number of hydrogen-bond acceptors (Lipinski definition) is 2. The number of nitrogens with zero attached hydrogens (tertiary/aromatic N) is 3. The lowest BCUT2D eigenvalue weighted by atomic mass is 10.2. The van der Waals surface area contributed by atoms with E-state index in [9.17, 15) is 0 Å². The van der Waals surface area contributed by atoms with Crippen LogP contribution in [0.3, 0.4) is 0 Å². The van der Waals surface area contributed by atoms with Gasteiger partial charge in [-0.15, -0.1) is 5.10 Å². The van der Waals surface area contributed by atoms with E-state index in [0.29, 0.717) is 0 Å². The molecular formula is C8H7Cl8N3. The predicted molar refractivity (Wildman–Crippen MR) is 83.3 cm³/mol. The van der Waals surface area contributed by atoms with Crippen molar-refractivity contribution in [3.8, 4) is 0 Å². The van der Waals surface area contributed by atoms with Gasteiger partial charge < -0.3 is 0 Å².